The second-order valence-corrected chi connectivity index (χ2v) is 3.00. The van der Waals surface area contributed by atoms with Crippen molar-refractivity contribution in [2.24, 2.45) is 0 Å². The number of hydrogen-bond donors (Lipinski definition) is 1. The predicted molar refractivity (Wildman–Crippen MR) is 46.6 cm³/mol. The Morgan fingerprint density at radius 3 is 3.00 bits per heavy atom. The first-order valence-electron chi connectivity index (χ1n) is 4.28. The monoisotopic (exact) mass is 195 g/mol. The van der Waals surface area contributed by atoms with Crippen molar-refractivity contribution in [3.63, 3.8) is 0 Å². The number of carboxylic acids is 1. The lowest BCUT2D eigenvalue weighted by Crippen LogP contribution is -1.98. The van der Waals surface area contributed by atoms with E-state index >= 15 is 0 Å². The summed E-state index contributed by atoms with van der Waals surface area (Å²) in [5.74, 6) is -1.26. The first kappa shape index (κ1) is 8.80. The lowest BCUT2D eigenvalue weighted by Gasteiger charge is -2.10. The second kappa shape index (κ2) is 3.53. The number of hydrogen-bond acceptors (Lipinski definition) is 4. The zero-order valence-electron chi connectivity index (χ0n) is 7.40. The maximum atomic E-state index is 10.5. The quantitative estimate of drug-likeness (QED) is 0.774. The van der Waals surface area contributed by atoms with Gasteiger partial charge in [0.2, 0.25) is 5.76 Å². The normalized spacial score (nSPS) is 15.9. The second-order valence-electron chi connectivity index (χ2n) is 3.00. The molecule has 0 atom stereocenters. The zero-order valence-corrected chi connectivity index (χ0v) is 7.40. The molecular weight excluding hydrogens is 186 g/mol. The fraction of sp³-hybridized carbons (Fsp3) is 0.333. The molecule has 1 aromatic heterocycles. The predicted octanol–water partition coefficient (Wildman–Crippen LogP) is 1.52. The molecule has 0 aromatic carbocycles. The van der Waals surface area contributed by atoms with E-state index in [4.69, 9.17) is 9.84 Å². The molecule has 1 aromatic rings. The number of allylic oxidation sites excluding steroid dienone is 1. The van der Waals surface area contributed by atoms with Gasteiger partial charge in [-0.25, -0.2) is 4.79 Å². The van der Waals surface area contributed by atoms with E-state index in [1.807, 2.05) is 0 Å². The minimum Gasteiger partial charge on any atom is -0.501 e. The topological polar surface area (TPSA) is 72.6 Å². The summed E-state index contributed by atoms with van der Waals surface area (Å²) >= 11 is 0. The van der Waals surface area contributed by atoms with Crippen LogP contribution < -0.4 is 0 Å². The van der Waals surface area contributed by atoms with E-state index in [1.165, 1.54) is 6.07 Å². The number of aromatic carboxylic acids is 1. The number of rotatable bonds is 2. The van der Waals surface area contributed by atoms with E-state index in [1.54, 1.807) is 6.26 Å². The van der Waals surface area contributed by atoms with E-state index in [2.05, 4.69) is 9.68 Å². The van der Waals surface area contributed by atoms with Crippen LogP contribution in [0.25, 0.3) is 5.57 Å². The lowest BCUT2D eigenvalue weighted by atomic mass is 10.1. The summed E-state index contributed by atoms with van der Waals surface area (Å²) in [4.78, 5) is 10.5. The van der Waals surface area contributed by atoms with Gasteiger partial charge < -0.3 is 14.4 Å². The average molecular weight is 195 g/mol. The van der Waals surface area contributed by atoms with Crippen LogP contribution in [0.2, 0.25) is 0 Å². The molecule has 14 heavy (non-hydrogen) atoms. The third kappa shape index (κ3) is 1.61. The largest absolute Gasteiger partial charge is 0.501 e. The molecule has 0 amide bonds. The molecule has 2 rings (SSSR count). The summed E-state index contributed by atoms with van der Waals surface area (Å²) in [6, 6.07) is 1.41. The third-order valence-electron chi connectivity index (χ3n) is 1.98. The van der Waals surface area contributed by atoms with Gasteiger partial charge in [0, 0.05) is 11.6 Å². The van der Waals surface area contributed by atoms with E-state index in [9.17, 15) is 4.79 Å². The Bertz CT molecular complexity index is 380. The van der Waals surface area contributed by atoms with Crippen molar-refractivity contribution in [1.82, 2.24) is 5.16 Å². The van der Waals surface area contributed by atoms with Gasteiger partial charge in [-0.15, -0.1) is 0 Å². The van der Waals surface area contributed by atoms with E-state index in [0.29, 0.717) is 12.3 Å². The lowest BCUT2D eigenvalue weighted by molar-refractivity contribution is 0.0652. The van der Waals surface area contributed by atoms with Gasteiger partial charge in [0.05, 0.1) is 12.9 Å². The van der Waals surface area contributed by atoms with Gasteiger partial charge in [0.1, 0.15) is 5.69 Å². The van der Waals surface area contributed by atoms with Crippen molar-refractivity contribution in [2.45, 2.75) is 12.8 Å². The Morgan fingerprint density at radius 2 is 2.43 bits per heavy atom. The number of carboxylic acid groups (broad SMARTS) is 1. The highest BCUT2D eigenvalue weighted by atomic mass is 16.5. The first-order valence-corrected chi connectivity index (χ1v) is 4.28. The van der Waals surface area contributed by atoms with Crippen molar-refractivity contribution >= 4 is 11.5 Å². The van der Waals surface area contributed by atoms with Gasteiger partial charge in [0.25, 0.3) is 0 Å². The molecule has 0 unspecified atom stereocenters. The average Bonchev–Trinajstić information content (AvgIpc) is 2.68. The Hall–Kier alpha value is -1.78. The van der Waals surface area contributed by atoms with Gasteiger partial charge in [-0.1, -0.05) is 5.16 Å². The fourth-order valence-electron chi connectivity index (χ4n) is 1.28. The molecule has 1 N–H and O–H groups in total. The molecule has 5 nitrogen and oxygen atoms in total. The van der Waals surface area contributed by atoms with Crippen molar-refractivity contribution in [3.8, 4) is 0 Å². The molecule has 5 heteroatoms. The van der Waals surface area contributed by atoms with Gasteiger partial charge in [-0.05, 0) is 12.8 Å². The van der Waals surface area contributed by atoms with Crippen molar-refractivity contribution < 1.29 is 19.2 Å². The zero-order chi connectivity index (χ0) is 9.97. The highest BCUT2D eigenvalue weighted by molar-refractivity contribution is 5.85. The van der Waals surface area contributed by atoms with Crippen LogP contribution in [0.1, 0.15) is 29.1 Å². The molecule has 74 valence electrons. The van der Waals surface area contributed by atoms with Crippen LogP contribution in [-0.2, 0) is 4.74 Å². The van der Waals surface area contributed by atoms with Gasteiger partial charge in [-0.3, -0.25) is 0 Å². The van der Waals surface area contributed by atoms with E-state index in [0.717, 1.165) is 18.4 Å². The number of aromatic nitrogens is 1. The summed E-state index contributed by atoms with van der Waals surface area (Å²) < 4.78 is 9.75. The number of ether oxygens (including phenoxy) is 1. The van der Waals surface area contributed by atoms with Gasteiger partial charge in [-0.2, -0.15) is 0 Å². The maximum absolute atomic E-state index is 10.5. The Labute approximate surface area is 80.0 Å². The summed E-state index contributed by atoms with van der Waals surface area (Å²) in [7, 11) is 0. The van der Waals surface area contributed by atoms with Crippen LogP contribution in [0.3, 0.4) is 0 Å². The van der Waals surface area contributed by atoms with Crippen molar-refractivity contribution in [1.29, 1.82) is 0 Å². The van der Waals surface area contributed by atoms with Crippen LogP contribution in [0.4, 0.5) is 0 Å². The summed E-state index contributed by atoms with van der Waals surface area (Å²) in [5.41, 5.74) is 1.43. The highest BCUT2D eigenvalue weighted by Crippen LogP contribution is 2.22. The maximum Gasteiger partial charge on any atom is 0.374 e. The van der Waals surface area contributed by atoms with Gasteiger partial charge in [0.15, 0.2) is 0 Å². The summed E-state index contributed by atoms with van der Waals surface area (Å²) in [6.07, 6.45) is 3.36. The van der Waals surface area contributed by atoms with E-state index < -0.39 is 5.97 Å². The molecule has 0 aliphatic carbocycles. The smallest absolute Gasteiger partial charge is 0.374 e. The van der Waals surface area contributed by atoms with Crippen molar-refractivity contribution in [2.75, 3.05) is 6.61 Å². The number of carbonyl (C=O) groups is 1. The molecule has 0 saturated heterocycles. The first-order chi connectivity index (χ1) is 6.77. The van der Waals surface area contributed by atoms with E-state index in [-0.39, 0.29) is 5.76 Å². The molecule has 0 fully saturated rings. The molecule has 1 aliphatic rings. The van der Waals surface area contributed by atoms with Crippen LogP contribution >= 0.6 is 0 Å². The summed E-state index contributed by atoms with van der Waals surface area (Å²) in [5, 5.41) is 12.3. The molecule has 0 spiro atoms. The molecule has 2 heterocycles. The minimum absolute atomic E-state index is 0.147. The molecule has 1 aliphatic heterocycles. The van der Waals surface area contributed by atoms with Gasteiger partial charge >= 0.3 is 5.97 Å². The van der Waals surface area contributed by atoms with Crippen molar-refractivity contribution in [3.05, 3.63) is 23.8 Å². The fourth-order valence-corrected chi connectivity index (χ4v) is 1.28. The van der Waals surface area contributed by atoms with Crippen LogP contribution in [0.15, 0.2) is 16.9 Å². The third-order valence-corrected chi connectivity index (χ3v) is 1.98. The Kier molecular flexibility index (Phi) is 2.22. The SMILES string of the molecule is O=C(O)c1cc(C2=COCCC2)no1. The van der Waals surface area contributed by atoms with Crippen LogP contribution in [0.5, 0.6) is 0 Å². The summed E-state index contributed by atoms with van der Waals surface area (Å²) in [6.45, 7) is 0.702. The Balaban J connectivity index is 2.23. The standard InChI is InChI=1S/C9H9NO4/c11-9(12)8-4-7(10-14-8)6-2-1-3-13-5-6/h4-5H,1-3H2,(H,11,12). The minimum atomic E-state index is -1.11. The Morgan fingerprint density at radius 1 is 1.57 bits per heavy atom. The molecule has 0 radical (unpaired) electrons. The molecule has 0 saturated carbocycles. The number of nitrogens with zero attached hydrogens (tertiary/aromatic N) is 1. The van der Waals surface area contributed by atoms with Crippen LogP contribution in [0, 0.1) is 0 Å². The van der Waals surface area contributed by atoms with Crippen LogP contribution in [-0.4, -0.2) is 22.8 Å². The molecular formula is C9H9NO4. The molecule has 0 bridgehead atoms. The highest BCUT2D eigenvalue weighted by Gasteiger charge is 2.15.